The van der Waals surface area contributed by atoms with Gasteiger partial charge in [-0.25, -0.2) is 0 Å². The van der Waals surface area contributed by atoms with Gasteiger partial charge in [0.25, 0.3) is 0 Å². The second-order valence-electron chi connectivity index (χ2n) is 8.22. The first-order valence-corrected chi connectivity index (χ1v) is 11.2. The first kappa shape index (κ1) is 25.4. The van der Waals surface area contributed by atoms with E-state index in [9.17, 15) is 0 Å². The topological polar surface area (TPSA) is 23.5 Å². The standard InChI is InChI=1S/C24H47NO/c1-23(2)17-11-7-5-9-13-19-25(21-15-16-22-26)20-14-10-6-8-12-18-24(3)4/h26H,1,3,5-22H2,2,4H3. The summed E-state index contributed by atoms with van der Waals surface area (Å²) in [5, 5.41) is 9.02. The summed E-state index contributed by atoms with van der Waals surface area (Å²) in [4.78, 5) is 2.64. The monoisotopic (exact) mass is 365 g/mol. The number of aliphatic hydroxyl groups is 1. The lowest BCUT2D eigenvalue weighted by molar-refractivity contribution is 0.234. The number of allylic oxidation sites excluding steroid dienone is 2. The third-order valence-corrected chi connectivity index (χ3v) is 5.04. The molecule has 0 aliphatic rings. The van der Waals surface area contributed by atoms with Crippen LogP contribution in [0.3, 0.4) is 0 Å². The van der Waals surface area contributed by atoms with Crippen molar-refractivity contribution >= 4 is 0 Å². The van der Waals surface area contributed by atoms with E-state index in [1.165, 1.54) is 101 Å². The number of hydrogen-bond acceptors (Lipinski definition) is 2. The van der Waals surface area contributed by atoms with Crippen LogP contribution in [0.2, 0.25) is 0 Å². The summed E-state index contributed by atoms with van der Waals surface area (Å²) in [5.74, 6) is 0. The summed E-state index contributed by atoms with van der Waals surface area (Å²) >= 11 is 0. The average Bonchev–Trinajstić information content (AvgIpc) is 2.59. The van der Waals surface area contributed by atoms with Crippen molar-refractivity contribution < 1.29 is 5.11 Å². The Hall–Kier alpha value is -0.600. The maximum absolute atomic E-state index is 9.02. The molecule has 0 aliphatic heterocycles. The Labute approximate surface area is 164 Å². The molecule has 0 spiro atoms. The van der Waals surface area contributed by atoms with Crippen molar-refractivity contribution in [2.24, 2.45) is 0 Å². The molecule has 0 rings (SSSR count). The van der Waals surface area contributed by atoms with Crippen LogP contribution in [0.15, 0.2) is 24.3 Å². The summed E-state index contributed by atoms with van der Waals surface area (Å²) in [7, 11) is 0. The number of unbranched alkanes of at least 4 members (excludes halogenated alkanes) is 9. The van der Waals surface area contributed by atoms with Gasteiger partial charge < -0.3 is 10.0 Å². The number of rotatable bonds is 20. The van der Waals surface area contributed by atoms with E-state index >= 15 is 0 Å². The van der Waals surface area contributed by atoms with Crippen molar-refractivity contribution in [2.75, 3.05) is 26.2 Å². The van der Waals surface area contributed by atoms with Gasteiger partial charge in [0.1, 0.15) is 0 Å². The highest BCUT2D eigenvalue weighted by molar-refractivity contribution is 4.87. The molecular formula is C24H47NO. The molecule has 0 unspecified atom stereocenters. The van der Waals surface area contributed by atoms with Gasteiger partial charge >= 0.3 is 0 Å². The molecule has 2 heteroatoms. The second-order valence-corrected chi connectivity index (χ2v) is 8.22. The summed E-state index contributed by atoms with van der Waals surface area (Å²) in [6, 6.07) is 0. The molecule has 0 aliphatic carbocycles. The van der Waals surface area contributed by atoms with Crippen LogP contribution in [-0.4, -0.2) is 36.2 Å². The highest BCUT2D eigenvalue weighted by atomic mass is 16.2. The minimum Gasteiger partial charge on any atom is -0.396 e. The van der Waals surface area contributed by atoms with Gasteiger partial charge in [0.05, 0.1) is 0 Å². The summed E-state index contributed by atoms with van der Waals surface area (Å²) in [6.45, 7) is 16.2. The van der Waals surface area contributed by atoms with E-state index in [1.54, 1.807) is 0 Å². The van der Waals surface area contributed by atoms with Crippen LogP contribution in [0.4, 0.5) is 0 Å². The minimum atomic E-state index is 0.333. The Bertz CT molecular complexity index is 309. The lowest BCUT2D eigenvalue weighted by atomic mass is 10.1. The van der Waals surface area contributed by atoms with E-state index < -0.39 is 0 Å². The fourth-order valence-corrected chi connectivity index (χ4v) is 3.37. The zero-order valence-electron chi connectivity index (χ0n) is 18.0. The lowest BCUT2D eigenvalue weighted by Crippen LogP contribution is -2.27. The van der Waals surface area contributed by atoms with Gasteiger partial charge in [0.2, 0.25) is 0 Å². The maximum Gasteiger partial charge on any atom is 0.0431 e. The van der Waals surface area contributed by atoms with Gasteiger partial charge in [-0.05, 0) is 84.8 Å². The van der Waals surface area contributed by atoms with Crippen LogP contribution in [0.25, 0.3) is 0 Å². The van der Waals surface area contributed by atoms with E-state index in [2.05, 4.69) is 31.9 Å². The van der Waals surface area contributed by atoms with Gasteiger partial charge in [0.15, 0.2) is 0 Å². The molecule has 0 fully saturated rings. The molecule has 0 aromatic heterocycles. The van der Waals surface area contributed by atoms with E-state index in [-0.39, 0.29) is 0 Å². The number of hydrogen-bond donors (Lipinski definition) is 1. The molecule has 26 heavy (non-hydrogen) atoms. The minimum absolute atomic E-state index is 0.333. The van der Waals surface area contributed by atoms with Gasteiger partial charge in [-0.1, -0.05) is 49.7 Å². The first-order chi connectivity index (χ1) is 12.6. The third kappa shape index (κ3) is 19.7. The van der Waals surface area contributed by atoms with Crippen LogP contribution >= 0.6 is 0 Å². The number of aliphatic hydroxyl groups excluding tert-OH is 1. The highest BCUT2D eigenvalue weighted by Crippen LogP contribution is 2.12. The molecule has 0 aromatic carbocycles. The van der Waals surface area contributed by atoms with Crippen LogP contribution in [0.5, 0.6) is 0 Å². The fourth-order valence-electron chi connectivity index (χ4n) is 3.37. The Morgan fingerprint density at radius 1 is 0.577 bits per heavy atom. The predicted octanol–water partition coefficient (Wildman–Crippen LogP) is 6.89. The zero-order valence-corrected chi connectivity index (χ0v) is 18.0. The molecule has 1 N–H and O–H groups in total. The summed E-state index contributed by atoms with van der Waals surface area (Å²) in [6.07, 6.45) is 17.9. The molecule has 154 valence electrons. The van der Waals surface area contributed by atoms with Crippen LogP contribution in [0.1, 0.15) is 104 Å². The van der Waals surface area contributed by atoms with Crippen LogP contribution in [0, 0.1) is 0 Å². The molecule has 0 atom stereocenters. The highest BCUT2D eigenvalue weighted by Gasteiger charge is 2.04. The normalized spacial score (nSPS) is 11.2. The third-order valence-electron chi connectivity index (χ3n) is 5.04. The molecule has 0 aromatic rings. The van der Waals surface area contributed by atoms with Crippen LogP contribution < -0.4 is 0 Å². The fraction of sp³-hybridized carbons (Fsp3) is 0.833. The molecule has 0 amide bonds. The average molecular weight is 366 g/mol. The van der Waals surface area contributed by atoms with Crippen molar-refractivity contribution in [3.05, 3.63) is 24.3 Å². The van der Waals surface area contributed by atoms with E-state index in [1.807, 2.05) is 0 Å². The molecule has 0 saturated heterocycles. The molecule has 0 radical (unpaired) electrons. The quantitative estimate of drug-likeness (QED) is 0.187. The van der Waals surface area contributed by atoms with E-state index in [4.69, 9.17) is 5.11 Å². The van der Waals surface area contributed by atoms with Crippen LogP contribution in [-0.2, 0) is 0 Å². The van der Waals surface area contributed by atoms with Crippen molar-refractivity contribution in [2.45, 2.75) is 104 Å². The largest absolute Gasteiger partial charge is 0.396 e. The maximum atomic E-state index is 9.02. The molecule has 0 bridgehead atoms. The SMILES string of the molecule is C=C(C)CCCCCCCN(CCCCO)CCCCCCCC(=C)C. The molecule has 2 nitrogen and oxygen atoms in total. The second kappa shape index (κ2) is 19.2. The summed E-state index contributed by atoms with van der Waals surface area (Å²) in [5.41, 5.74) is 2.64. The van der Waals surface area contributed by atoms with E-state index in [0.29, 0.717) is 6.61 Å². The van der Waals surface area contributed by atoms with Crippen molar-refractivity contribution in [3.8, 4) is 0 Å². The van der Waals surface area contributed by atoms with Gasteiger partial charge in [-0.3, -0.25) is 0 Å². The Morgan fingerprint density at radius 3 is 1.31 bits per heavy atom. The van der Waals surface area contributed by atoms with Gasteiger partial charge in [-0.15, -0.1) is 13.2 Å². The summed E-state index contributed by atoms with van der Waals surface area (Å²) < 4.78 is 0. The van der Waals surface area contributed by atoms with Gasteiger partial charge in [0, 0.05) is 6.61 Å². The molecular weight excluding hydrogens is 318 g/mol. The molecule has 0 heterocycles. The Kier molecular flexibility index (Phi) is 18.7. The first-order valence-electron chi connectivity index (χ1n) is 11.2. The predicted molar refractivity (Wildman–Crippen MR) is 118 cm³/mol. The van der Waals surface area contributed by atoms with Gasteiger partial charge in [-0.2, -0.15) is 0 Å². The van der Waals surface area contributed by atoms with Crippen molar-refractivity contribution in [3.63, 3.8) is 0 Å². The van der Waals surface area contributed by atoms with Crippen molar-refractivity contribution in [1.29, 1.82) is 0 Å². The lowest BCUT2D eigenvalue weighted by Gasteiger charge is -2.22. The Morgan fingerprint density at radius 2 is 0.923 bits per heavy atom. The van der Waals surface area contributed by atoms with E-state index in [0.717, 1.165) is 19.4 Å². The Balaban J connectivity index is 3.72. The van der Waals surface area contributed by atoms with Crippen molar-refractivity contribution in [1.82, 2.24) is 4.90 Å². The number of nitrogens with zero attached hydrogens (tertiary/aromatic N) is 1. The zero-order chi connectivity index (χ0) is 19.5. The molecule has 0 saturated carbocycles. The smallest absolute Gasteiger partial charge is 0.0431 e.